The van der Waals surface area contributed by atoms with Gasteiger partial charge in [0.15, 0.2) is 0 Å². The van der Waals surface area contributed by atoms with Gasteiger partial charge in [-0.3, -0.25) is 0 Å². The van der Waals surface area contributed by atoms with E-state index in [0.29, 0.717) is 0 Å². The van der Waals surface area contributed by atoms with Gasteiger partial charge < -0.3 is 9.13 Å². The lowest BCUT2D eigenvalue weighted by Gasteiger charge is -2.13. The average Bonchev–Trinajstić information content (AvgIpc) is 3.61. The largest absolute Gasteiger partial charge is 0.309 e. The summed E-state index contributed by atoms with van der Waals surface area (Å²) in [5.41, 5.74) is 13.3. The smallest absolute Gasteiger partial charge is 0.0541 e. The molecule has 2 heteroatoms. The van der Waals surface area contributed by atoms with Crippen LogP contribution in [0.25, 0.3) is 77.2 Å². The van der Waals surface area contributed by atoms with Gasteiger partial charge in [-0.05, 0) is 89.3 Å². The van der Waals surface area contributed by atoms with Gasteiger partial charge in [-0.2, -0.15) is 0 Å². The molecule has 0 saturated carbocycles. The highest BCUT2D eigenvalue weighted by molar-refractivity contribution is 6.10. The fourth-order valence-electron chi connectivity index (χ4n) is 7.16. The van der Waals surface area contributed by atoms with Crippen molar-refractivity contribution in [3.8, 4) is 33.6 Å². The molecule has 212 valence electrons. The van der Waals surface area contributed by atoms with Gasteiger partial charge in [-0.25, -0.2) is 0 Å². The maximum absolute atomic E-state index is 2.40. The zero-order valence-electron chi connectivity index (χ0n) is 25.0. The van der Waals surface area contributed by atoms with Crippen LogP contribution in [-0.4, -0.2) is 9.13 Å². The topological polar surface area (TPSA) is 9.86 Å². The Hall–Kier alpha value is -5.86. The Kier molecular flexibility index (Phi) is 5.76. The fourth-order valence-corrected chi connectivity index (χ4v) is 7.16. The summed E-state index contributed by atoms with van der Waals surface area (Å²) in [6.07, 6.45) is 0. The summed E-state index contributed by atoms with van der Waals surface area (Å²) >= 11 is 0. The Bertz CT molecular complexity index is 2450. The van der Waals surface area contributed by atoms with Crippen molar-refractivity contribution in [3.63, 3.8) is 0 Å². The summed E-state index contributed by atoms with van der Waals surface area (Å²) in [5.74, 6) is 0. The molecule has 0 aliphatic carbocycles. The quantitative estimate of drug-likeness (QED) is 0.198. The minimum Gasteiger partial charge on any atom is -0.309 e. The molecule has 2 aromatic heterocycles. The van der Waals surface area contributed by atoms with Crippen molar-refractivity contribution < 1.29 is 0 Å². The lowest BCUT2D eigenvalue weighted by molar-refractivity contribution is 1.17. The number of hydrogen-bond acceptors (Lipinski definition) is 0. The number of nitrogens with zero attached hydrogens (tertiary/aromatic N) is 2. The molecule has 0 atom stereocenters. The molecule has 45 heavy (non-hydrogen) atoms. The van der Waals surface area contributed by atoms with Gasteiger partial charge in [0.2, 0.25) is 0 Å². The third-order valence-corrected chi connectivity index (χ3v) is 9.11. The van der Waals surface area contributed by atoms with E-state index in [2.05, 4.69) is 180 Å². The Balaban J connectivity index is 1.17. The van der Waals surface area contributed by atoms with Crippen LogP contribution in [0.2, 0.25) is 0 Å². The predicted octanol–water partition coefficient (Wildman–Crippen LogP) is 11.5. The van der Waals surface area contributed by atoms with E-state index < -0.39 is 0 Å². The second-order valence-corrected chi connectivity index (χ2v) is 11.9. The van der Waals surface area contributed by atoms with Crippen LogP contribution in [-0.2, 0) is 0 Å². The van der Waals surface area contributed by atoms with Crippen molar-refractivity contribution in [2.75, 3.05) is 0 Å². The van der Waals surface area contributed by atoms with Gasteiger partial charge in [0.1, 0.15) is 0 Å². The van der Waals surface area contributed by atoms with Crippen LogP contribution in [0.15, 0.2) is 164 Å². The summed E-state index contributed by atoms with van der Waals surface area (Å²) < 4.78 is 4.79. The SMILES string of the molecule is Cc1cc(-c2cccc(-c3cccc(-n4c5ccccc5c5ccccc54)c3)c2)cc(-n2c3ccccc3c3ccccc32)c1. The summed E-state index contributed by atoms with van der Waals surface area (Å²) in [4.78, 5) is 0. The summed E-state index contributed by atoms with van der Waals surface area (Å²) in [5, 5.41) is 5.11. The standard InChI is InChI=1S/C43H30N2/c1-29-24-33(28-35(25-29)45-42-22-8-4-18-38(42)39-19-5-9-23-43(39)45)31-13-10-12-30(26-31)32-14-11-15-34(27-32)44-40-20-6-2-16-36(40)37-17-3-7-21-41(37)44/h2-28H,1H3. The van der Waals surface area contributed by atoms with Crippen molar-refractivity contribution in [2.45, 2.75) is 6.92 Å². The minimum atomic E-state index is 1.17. The Labute approximate surface area is 262 Å². The molecule has 0 N–H and O–H groups in total. The molecule has 9 aromatic rings. The molecule has 0 unspecified atom stereocenters. The van der Waals surface area contributed by atoms with Crippen molar-refractivity contribution in [1.82, 2.24) is 9.13 Å². The van der Waals surface area contributed by atoms with E-state index >= 15 is 0 Å². The number of hydrogen-bond donors (Lipinski definition) is 0. The van der Waals surface area contributed by atoms with E-state index in [1.54, 1.807) is 0 Å². The number of para-hydroxylation sites is 4. The number of aromatic nitrogens is 2. The number of benzene rings is 7. The van der Waals surface area contributed by atoms with Crippen molar-refractivity contribution in [3.05, 3.63) is 169 Å². The van der Waals surface area contributed by atoms with Gasteiger partial charge in [0.25, 0.3) is 0 Å². The van der Waals surface area contributed by atoms with E-state index in [4.69, 9.17) is 0 Å². The van der Waals surface area contributed by atoms with Gasteiger partial charge in [0.05, 0.1) is 22.1 Å². The lowest BCUT2D eigenvalue weighted by atomic mass is 9.97. The summed E-state index contributed by atoms with van der Waals surface area (Å²) in [6, 6.07) is 59.6. The van der Waals surface area contributed by atoms with Gasteiger partial charge in [-0.1, -0.05) is 109 Å². The molecule has 2 heterocycles. The van der Waals surface area contributed by atoms with Gasteiger partial charge in [-0.15, -0.1) is 0 Å². The van der Waals surface area contributed by atoms with Gasteiger partial charge >= 0.3 is 0 Å². The van der Waals surface area contributed by atoms with Crippen LogP contribution >= 0.6 is 0 Å². The van der Waals surface area contributed by atoms with E-state index in [1.807, 2.05) is 0 Å². The van der Waals surface area contributed by atoms with Crippen molar-refractivity contribution in [2.24, 2.45) is 0 Å². The van der Waals surface area contributed by atoms with Crippen LogP contribution in [0.3, 0.4) is 0 Å². The van der Waals surface area contributed by atoms with E-state index in [9.17, 15) is 0 Å². The van der Waals surface area contributed by atoms with Crippen molar-refractivity contribution in [1.29, 1.82) is 0 Å². The first-order valence-electron chi connectivity index (χ1n) is 15.5. The highest BCUT2D eigenvalue weighted by atomic mass is 15.0. The van der Waals surface area contributed by atoms with Crippen LogP contribution < -0.4 is 0 Å². The molecule has 0 fully saturated rings. The first-order valence-corrected chi connectivity index (χ1v) is 15.5. The second kappa shape index (κ2) is 10.1. The van der Waals surface area contributed by atoms with E-state index in [1.165, 1.54) is 82.8 Å². The maximum Gasteiger partial charge on any atom is 0.0541 e. The molecular weight excluding hydrogens is 544 g/mol. The molecule has 0 radical (unpaired) electrons. The number of rotatable bonds is 4. The molecule has 7 aromatic carbocycles. The summed E-state index contributed by atoms with van der Waals surface area (Å²) in [7, 11) is 0. The molecule has 2 nitrogen and oxygen atoms in total. The fraction of sp³-hybridized carbons (Fsp3) is 0.0233. The predicted molar refractivity (Wildman–Crippen MR) is 191 cm³/mol. The van der Waals surface area contributed by atoms with Crippen LogP contribution in [0.1, 0.15) is 5.56 Å². The Morgan fingerprint density at radius 1 is 0.311 bits per heavy atom. The average molecular weight is 575 g/mol. The first-order chi connectivity index (χ1) is 22.2. The number of fused-ring (bicyclic) bond motifs is 6. The summed E-state index contributed by atoms with van der Waals surface area (Å²) in [6.45, 7) is 2.19. The van der Waals surface area contributed by atoms with E-state index in [0.717, 1.165) is 0 Å². The van der Waals surface area contributed by atoms with Crippen LogP contribution in [0, 0.1) is 6.92 Å². The highest BCUT2D eigenvalue weighted by Crippen LogP contribution is 2.36. The highest BCUT2D eigenvalue weighted by Gasteiger charge is 2.14. The molecule has 0 saturated heterocycles. The molecule has 0 aliphatic rings. The second-order valence-electron chi connectivity index (χ2n) is 11.9. The maximum atomic E-state index is 2.40. The molecule has 0 spiro atoms. The third kappa shape index (κ3) is 4.11. The molecule has 0 bridgehead atoms. The zero-order valence-corrected chi connectivity index (χ0v) is 25.0. The Morgan fingerprint density at radius 2 is 0.711 bits per heavy atom. The minimum absolute atomic E-state index is 1.17. The third-order valence-electron chi connectivity index (χ3n) is 9.11. The zero-order chi connectivity index (χ0) is 29.9. The van der Waals surface area contributed by atoms with Crippen molar-refractivity contribution >= 4 is 43.6 Å². The Morgan fingerprint density at radius 3 is 1.24 bits per heavy atom. The lowest BCUT2D eigenvalue weighted by Crippen LogP contribution is -1.96. The first kappa shape index (κ1) is 25.6. The van der Waals surface area contributed by atoms with Gasteiger partial charge in [0, 0.05) is 32.9 Å². The van der Waals surface area contributed by atoms with Crippen LogP contribution in [0.4, 0.5) is 0 Å². The molecular formula is C43H30N2. The van der Waals surface area contributed by atoms with E-state index in [-0.39, 0.29) is 0 Å². The molecule has 0 amide bonds. The molecule has 0 aliphatic heterocycles. The number of aryl methyl sites for hydroxylation is 1. The normalized spacial score (nSPS) is 11.7. The monoisotopic (exact) mass is 574 g/mol. The van der Waals surface area contributed by atoms with Crippen LogP contribution in [0.5, 0.6) is 0 Å². The molecule has 9 rings (SSSR count).